The van der Waals surface area contributed by atoms with Gasteiger partial charge in [-0.2, -0.15) is 5.10 Å². The zero-order chi connectivity index (χ0) is 19.4. The van der Waals surface area contributed by atoms with Crippen LogP contribution in [0.2, 0.25) is 0 Å². The molecule has 0 radical (unpaired) electrons. The highest BCUT2D eigenvalue weighted by Crippen LogP contribution is 2.30. The highest BCUT2D eigenvalue weighted by molar-refractivity contribution is 5.80. The molecule has 0 atom stereocenters. The lowest BCUT2D eigenvalue weighted by atomic mass is 9.84. The van der Waals surface area contributed by atoms with Crippen LogP contribution in [-0.4, -0.2) is 19.7 Å². The van der Waals surface area contributed by atoms with E-state index >= 15 is 0 Å². The van der Waals surface area contributed by atoms with E-state index in [2.05, 4.69) is 84.7 Å². The first kappa shape index (κ1) is 17.6. The van der Waals surface area contributed by atoms with Crippen molar-refractivity contribution in [2.45, 2.75) is 52.0 Å². The molecule has 2 heterocycles. The summed E-state index contributed by atoms with van der Waals surface area (Å²) in [6.07, 6.45) is 1.95. The molecule has 0 aliphatic heterocycles. The van der Waals surface area contributed by atoms with Gasteiger partial charge in [0.2, 0.25) is 0 Å². The van der Waals surface area contributed by atoms with Gasteiger partial charge in [-0.3, -0.25) is 4.68 Å². The molecule has 2 aromatic carbocycles. The number of hydrogen-bond acceptors (Lipinski definition) is 2. The van der Waals surface area contributed by atoms with Crippen LogP contribution in [-0.2, 0) is 17.4 Å². The quantitative estimate of drug-likeness (QED) is 0.564. The van der Waals surface area contributed by atoms with Crippen molar-refractivity contribution in [2.75, 3.05) is 0 Å². The summed E-state index contributed by atoms with van der Waals surface area (Å²) >= 11 is 0. The fourth-order valence-corrected chi connectivity index (χ4v) is 3.60. The molecule has 0 spiro atoms. The number of fused-ring (bicyclic) bond motifs is 2. The van der Waals surface area contributed by atoms with E-state index < -0.39 is 0 Å². The van der Waals surface area contributed by atoms with Crippen LogP contribution in [0, 0.1) is 0 Å². The monoisotopic (exact) mass is 362 g/mol. The van der Waals surface area contributed by atoms with Crippen LogP contribution >= 0.6 is 0 Å². The van der Waals surface area contributed by atoms with Crippen LogP contribution in [0.3, 0.4) is 0 Å². The van der Waals surface area contributed by atoms with E-state index in [4.69, 9.17) is 0 Å². The van der Waals surface area contributed by atoms with E-state index in [9.17, 15) is 4.79 Å². The van der Waals surface area contributed by atoms with Gasteiger partial charge in [0.1, 0.15) is 0 Å². The van der Waals surface area contributed by atoms with Crippen LogP contribution in [0.15, 0.2) is 47.4 Å². The van der Waals surface area contributed by atoms with E-state index in [0.717, 1.165) is 23.1 Å². The standard InChI is InChI=1S/C22H26N4O/c1-21(2,3)15-7-9-19-14(10-15)12-23-26(19)13-22(4,5)16-6-8-17-18(11-16)25-20(27)24-17/h6-12H,13H2,1-5H3,(H2,24,25,27). The average Bonchev–Trinajstić information content (AvgIpc) is 3.15. The molecule has 27 heavy (non-hydrogen) atoms. The molecule has 5 nitrogen and oxygen atoms in total. The smallest absolute Gasteiger partial charge is 0.306 e. The Morgan fingerprint density at radius 3 is 2.37 bits per heavy atom. The molecule has 5 heteroatoms. The van der Waals surface area contributed by atoms with Gasteiger partial charge in [0, 0.05) is 10.8 Å². The summed E-state index contributed by atoms with van der Waals surface area (Å²) in [5.41, 5.74) is 5.11. The summed E-state index contributed by atoms with van der Waals surface area (Å²) in [7, 11) is 0. The van der Waals surface area contributed by atoms with Gasteiger partial charge in [-0.15, -0.1) is 0 Å². The van der Waals surface area contributed by atoms with E-state index in [1.165, 1.54) is 16.5 Å². The summed E-state index contributed by atoms with van der Waals surface area (Å²) in [6, 6.07) is 12.7. The number of nitrogens with one attached hydrogen (secondary N) is 2. The normalized spacial score (nSPS) is 12.9. The summed E-state index contributed by atoms with van der Waals surface area (Å²) < 4.78 is 2.08. The van der Waals surface area contributed by atoms with Crippen molar-refractivity contribution in [3.8, 4) is 0 Å². The molecule has 0 amide bonds. The third-order valence-corrected chi connectivity index (χ3v) is 5.35. The second kappa shape index (κ2) is 5.84. The van der Waals surface area contributed by atoms with Crippen molar-refractivity contribution in [3.63, 3.8) is 0 Å². The maximum atomic E-state index is 11.5. The molecule has 0 bridgehead atoms. The molecule has 0 unspecified atom stereocenters. The third-order valence-electron chi connectivity index (χ3n) is 5.35. The van der Waals surface area contributed by atoms with Gasteiger partial charge in [-0.1, -0.05) is 46.8 Å². The van der Waals surface area contributed by atoms with E-state index in [1.54, 1.807) is 0 Å². The number of aromatic amines is 2. The Kier molecular flexibility index (Phi) is 3.81. The maximum Gasteiger partial charge on any atom is 0.323 e. The Bertz CT molecular complexity index is 1180. The first-order valence-corrected chi connectivity index (χ1v) is 9.32. The van der Waals surface area contributed by atoms with Crippen LogP contribution < -0.4 is 5.69 Å². The SMILES string of the molecule is CC(C)(C)c1ccc2c(cnn2CC(C)(C)c2ccc3[nH]c(=O)[nH]c3c2)c1. The van der Waals surface area contributed by atoms with Gasteiger partial charge in [0.05, 0.1) is 29.3 Å². The summed E-state index contributed by atoms with van der Waals surface area (Å²) in [5.74, 6) is 0. The highest BCUT2D eigenvalue weighted by atomic mass is 16.1. The molecule has 4 aromatic rings. The fourth-order valence-electron chi connectivity index (χ4n) is 3.60. The minimum Gasteiger partial charge on any atom is -0.306 e. The lowest BCUT2D eigenvalue weighted by Crippen LogP contribution is -2.25. The minimum absolute atomic E-state index is 0.123. The Hall–Kier alpha value is -2.82. The van der Waals surface area contributed by atoms with Crippen molar-refractivity contribution >= 4 is 21.9 Å². The topological polar surface area (TPSA) is 66.5 Å². The van der Waals surface area contributed by atoms with Crippen LogP contribution in [0.4, 0.5) is 0 Å². The van der Waals surface area contributed by atoms with Crippen molar-refractivity contribution in [1.29, 1.82) is 0 Å². The van der Waals surface area contributed by atoms with Crippen LogP contribution in [0.5, 0.6) is 0 Å². The Balaban J connectivity index is 1.69. The van der Waals surface area contributed by atoms with Crippen molar-refractivity contribution in [3.05, 3.63) is 64.2 Å². The number of nitrogens with zero attached hydrogens (tertiary/aromatic N) is 2. The zero-order valence-corrected chi connectivity index (χ0v) is 16.6. The van der Waals surface area contributed by atoms with Crippen molar-refractivity contribution < 1.29 is 0 Å². The van der Waals surface area contributed by atoms with Crippen LogP contribution in [0.25, 0.3) is 21.9 Å². The molecule has 4 rings (SSSR count). The second-order valence-corrected chi connectivity index (χ2v) is 9.05. The van der Waals surface area contributed by atoms with Gasteiger partial charge >= 0.3 is 5.69 Å². The Morgan fingerprint density at radius 2 is 1.63 bits per heavy atom. The molecule has 0 aliphatic carbocycles. The first-order chi connectivity index (χ1) is 12.6. The number of rotatable bonds is 3. The molecule has 0 aliphatic rings. The van der Waals surface area contributed by atoms with Gasteiger partial charge in [-0.25, -0.2) is 4.79 Å². The molecule has 0 saturated heterocycles. The molecule has 0 saturated carbocycles. The Labute approximate surface area is 158 Å². The number of H-pyrrole nitrogens is 2. The average molecular weight is 362 g/mol. The molecule has 2 N–H and O–H groups in total. The van der Waals surface area contributed by atoms with Gasteiger partial charge in [0.25, 0.3) is 0 Å². The van der Waals surface area contributed by atoms with Crippen LogP contribution in [0.1, 0.15) is 45.7 Å². The molecular formula is C22H26N4O. The van der Waals surface area contributed by atoms with E-state index in [1.807, 2.05) is 12.3 Å². The van der Waals surface area contributed by atoms with E-state index in [0.29, 0.717) is 0 Å². The highest BCUT2D eigenvalue weighted by Gasteiger charge is 2.24. The van der Waals surface area contributed by atoms with Gasteiger partial charge in [-0.05, 0) is 40.8 Å². The minimum atomic E-state index is -0.173. The number of hydrogen-bond donors (Lipinski definition) is 2. The number of benzene rings is 2. The zero-order valence-electron chi connectivity index (χ0n) is 16.6. The number of aromatic nitrogens is 4. The van der Waals surface area contributed by atoms with Crippen molar-refractivity contribution in [2.24, 2.45) is 0 Å². The second-order valence-electron chi connectivity index (χ2n) is 9.05. The van der Waals surface area contributed by atoms with Crippen molar-refractivity contribution in [1.82, 2.24) is 19.7 Å². The Morgan fingerprint density at radius 1 is 0.926 bits per heavy atom. The summed E-state index contributed by atoms with van der Waals surface area (Å²) in [4.78, 5) is 17.2. The fraction of sp³-hybridized carbons (Fsp3) is 0.364. The lowest BCUT2D eigenvalue weighted by Gasteiger charge is -2.26. The predicted molar refractivity (Wildman–Crippen MR) is 110 cm³/mol. The summed E-state index contributed by atoms with van der Waals surface area (Å²) in [6.45, 7) is 11.8. The first-order valence-electron chi connectivity index (χ1n) is 9.32. The lowest BCUT2D eigenvalue weighted by molar-refractivity contribution is 0.417. The van der Waals surface area contributed by atoms with Gasteiger partial charge < -0.3 is 9.97 Å². The maximum absolute atomic E-state index is 11.5. The number of imidazole rings is 1. The summed E-state index contributed by atoms with van der Waals surface area (Å²) in [5, 5.41) is 5.82. The third kappa shape index (κ3) is 3.18. The largest absolute Gasteiger partial charge is 0.323 e. The molecule has 140 valence electrons. The molecule has 0 fully saturated rings. The van der Waals surface area contributed by atoms with Gasteiger partial charge in [0.15, 0.2) is 0 Å². The van der Waals surface area contributed by atoms with E-state index in [-0.39, 0.29) is 16.5 Å². The molecule has 2 aromatic heterocycles. The predicted octanol–water partition coefficient (Wildman–Crippen LogP) is 4.48. The molecular weight excluding hydrogens is 336 g/mol.